The SMILES string of the molecule is COc1ccc(OC2CCCN(C(=O)CNC(C)=O)C2)nn1. The first-order valence-corrected chi connectivity index (χ1v) is 7.15. The van der Waals surface area contributed by atoms with E-state index >= 15 is 0 Å². The van der Waals surface area contributed by atoms with Crippen LogP contribution in [0.2, 0.25) is 0 Å². The molecule has 1 aliphatic rings. The number of hydrogen-bond donors (Lipinski definition) is 1. The number of carbonyl (C=O) groups excluding carboxylic acids is 2. The average molecular weight is 308 g/mol. The summed E-state index contributed by atoms with van der Waals surface area (Å²) in [6.07, 6.45) is 1.57. The van der Waals surface area contributed by atoms with Crippen LogP contribution in [0.15, 0.2) is 12.1 Å². The molecule has 2 rings (SSSR count). The molecule has 1 aliphatic heterocycles. The second-order valence-corrected chi connectivity index (χ2v) is 5.05. The lowest BCUT2D eigenvalue weighted by Gasteiger charge is -2.32. The minimum Gasteiger partial charge on any atom is -0.480 e. The van der Waals surface area contributed by atoms with Crippen LogP contribution in [0.1, 0.15) is 19.8 Å². The van der Waals surface area contributed by atoms with Gasteiger partial charge in [0, 0.05) is 25.6 Å². The molecular weight excluding hydrogens is 288 g/mol. The van der Waals surface area contributed by atoms with Crippen molar-refractivity contribution in [2.45, 2.75) is 25.9 Å². The fourth-order valence-corrected chi connectivity index (χ4v) is 2.22. The molecule has 0 spiro atoms. The summed E-state index contributed by atoms with van der Waals surface area (Å²) in [5.41, 5.74) is 0. The number of likely N-dealkylation sites (tertiary alicyclic amines) is 1. The molecule has 8 heteroatoms. The molecule has 2 heterocycles. The number of nitrogens with one attached hydrogen (secondary N) is 1. The van der Waals surface area contributed by atoms with Crippen LogP contribution in [0, 0.1) is 0 Å². The number of nitrogens with zero attached hydrogens (tertiary/aromatic N) is 3. The van der Waals surface area contributed by atoms with Crippen molar-refractivity contribution in [3.63, 3.8) is 0 Å². The van der Waals surface area contributed by atoms with E-state index in [0.29, 0.717) is 24.8 Å². The molecule has 1 aromatic rings. The van der Waals surface area contributed by atoms with Gasteiger partial charge in [0.15, 0.2) is 0 Å². The quantitative estimate of drug-likeness (QED) is 0.822. The third kappa shape index (κ3) is 4.57. The van der Waals surface area contributed by atoms with E-state index in [1.54, 1.807) is 17.0 Å². The van der Waals surface area contributed by atoms with Crippen LogP contribution in [-0.4, -0.2) is 59.8 Å². The number of aromatic nitrogens is 2. The van der Waals surface area contributed by atoms with Crippen LogP contribution in [0.5, 0.6) is 11.8 Å². The van der Waals surface area contributed by atoms with Crippen molar-refractivity contribution in [3.05, 3.63) is 12.1 Å². The van der Waals surface area contributed by atoms with E-state index in [1.165, 1.54) is 14.0 Å². The lowest BCUT2D eigenvalue weighted by Crippen LogP contribution is -2.47. The van der Waals surface area contributed by atoms with Crippen LogP contribution >= 0.6 is 0 Å². The zero-order valence-corrected chi connectivity index (χ0v) is 12.7. The highest BCUT2D eigenvalue weighted by Crippen LogP contribution is 2.17. The van der Waals surface area contributed by atoms with Crippen molar-refractivity contribution in [1.29, 1.82) is 0 Å². The van der Waals surface area contributed by atoms with E-state index in [9.17, 15) is 9.59 Å². The number of ether oxygens (including phenoxy) is 2. The Morgan fingerprint density at radius 1 is 1.36 bits per heavy atom. The van der Waals surface area contributed by atoms with E-state index in [0.717, 1.165) is 12.8 Å². The number of rotatable bonds is 5. The molecule has 22 heavy (non-hydrogen) atoms. The van der Waals surface area contributed by atoms with E-state index in [-0.39, 0.29) is 24.5 Å². The van der Waals surface area contributed by atoms with Crippen molar-refractivity contribution in [2.75, 3.05) is 26.7 Å². The fourth-order valence-electron chi connectivity index (χ4n) is 2.22. The van der Waals surface area contributed by atoms with Crippen molar-refractivity contribution >= 4 is 11.8 Å². The summed E-state index contributed by atoms with van der Waals surface area (Å²) in [6.45, 7) is 2.56. The molecule has 1 atom stereocenters. The summed E-state index contributed by atoms with van der Waals surface area (Å²) >= 11 is 0. The molecule has 0 bridgehead atoms. The molecule has 1 N–H and O–H groups in total. The van der Waals surface area contributed by atoms with E-state index in [1.807, 2.05) is 0 Å². The molecule has 0 aliphatic carbocycles. The lowest BCUT2D eigenvalue weighted by atomic mass is 10.1. The smallest absolute Gasteiger partial charge is 0.242 e. The minimum absolute atomic E-state index is 0.0182. The van der Waals surface area contributed by atoms with Crippen LogP contribution in [0.3, 0.4) is 0 Å². The third-order valence-corrected chi connectivity index (χ3v) is 3.33. The molecule has 0 radical (unpaired) electrons. The Bertz CT molecular complexity index is 520. The van der Waals surface area contributed by atoms with Gasteiger partial charge < -0.3 is 19.7 Å². The zero-order chi connectivity index (χ0) is 15.9. The molecule has 2 amide bonds. The zero-order valence-electron chi connectivity index (χ0n) is 12.7. The van der Waals surface area contributed by atoms with Gasteiger partial charge in [-0.1, -0.05) is 0 Å². The fraction of sp³-hybridized carbons (Fsp3) is 0.571. The highest BCUT2D eigenvalue weighted by atomic mass is 16.5. The first-order valence-electron chi connectivity index (χ1n) is 7.15. The maximum atomic E-state index is 12.0. The van der Waals surface area contributed by atoms with Gasteiger partial charge in [0.2, 0.25) is 23.6 Å². The Hall–Kier alpha value is -2.38. The summed E-state index contributed by atoms with van der Waals surface area (Å²) in [6, 6.07) is 3.36. The molecule has 8 nitrogen and oxygen atoms in total. The van der Waals surface area contributed by atoms with Crippen molar-refractivity contribution in [3.8, 4) is 11.8 Å². The van der Waals surface area contributed by atoms with Crippen LogP contribution in [0.25, 0.3) is 0 Å². The second-order valence-electron chi connectivity index (χ2n) is 5.05. The predicted molar refractivity (Wildman–Crippen MR) is 77.5 cm³/mol. The normalized spacial score (nSPS) is 17.7. The van der Waals surface area contributed by atoms with Crippen LogP contribution < -0.4 is 14.8 Å². The van der Waals surface area contributed by atoms with Crippen molar-refractivity contribution in [2.24, 2.45) is 0 Å². The number of methoxy groups -OCH3 is 1. The Balaban J connectivity index is 1.86. The van der Waals surface area contributed by atoms with Gasteiger partial charge in [0.25, 0.3) is 0 Å². The molecule has 1 saturated heterocycles. The van der Waals surface area contributed by atoms with E-state index in [4.69, 9.17) is 9.47 Å². The Kier molecular flexibility index (Phi) is 5.51. The van der Waals surface area contributed by atoms with Crippen molar-refractivity contribution in [1.82, 2.24) is 20.4 Å². The van der Waals surface area contributed by atoms with Gasteiger partial charge in [-0.05, 0) is 12.8 Å². The maximum Gasteiger partial charge on any atom is 0.242 e. The average Bonchev–Trinajstić information content (AvgIpc) is 2.53. The summed E-state index contributed by atoms with van der Waals surface area (Å²) in [4.78, 5) is 24.5. The minimum atomic E-state index is -0.216. The Morgan fingerprint density at radius 2 is 2.09 bits per heavy atom. The van der Waals surface area contributed by atoms with Gasteiger partial charge in [-0.2, -0.15) is 0 Å². The molecule has 120 valence electrons. The molecule has 1 unspecified atom stereocenters. The number of amides is 2. The van der Waals surface area contributed by atoms with Gasteiger partial charge in [0.05, 0.1) is 20.2 Å². The Morgan fingerprint density at radius 3 is 2.73 bits per heavy atom. The van der Waals surface area contributed by atoms with Gasteiger partial charge in [0.1, 0.15) is 6.10 Å². The highest BCUT2D eigenvalue weighted by molar-refractivity contribution is 5.83. The monoisotopic (exact) mass is 308 g/mol. The number of carbonyl (C=O) groups is 2. The van der Waals surface area contributed by atoms with Gasteiger partial charge >= 0.3 is 0 Å². The van der Waals surface area contributed by atoms with Crippen LogP contribution in [-0.2, 0) is 9.59 Å². The highest BCUT2D eigenvalue weighted by Gasteiger charge is 2.25. The summed E-state index contributed by atoms with van der Waals surface area (Å²) in [7, 11) is 1.52. The largest absolute Gasteiger partial charge is 0.480 e. The summed E-state index contributed by atoms with van der Waals surface area (Å²) in [5, 5.41) is 10.3. The van der Waals surface area contributed by atoms with Crippen molar-refractivity contribution < 1.29 is 19.1 Å². The van der Waals surface area contributed by atoms with E-state index < -0.39 is 0 Å². The van der Waals surface area contributed by atoms with Gasteiger partial charge in [-0.25, -0.2) is 0 Å². The van der Waals surface area contributed by atoms with Gasteiger partial charge in [-0.3, -0.25) is 9.59 Å². The van der Waals surface area contributed by atoms with E-state index in [2.05, 4.69) is 15.5 Å². The summed E-state index contributed by atoms with van der Waals surface area (Å²) in [5.74, 6) is 0.501. The maximum absolute atomic E-state index is 12.0. The topological polar surface area (TPSA) is 93.7 Å². The standard InChI is InChI=1S/C14H20N4O4/c1-10(19)15-8-14(20)18-7-3-4-11(9-18)22-13-6-5-12(21-2)16-17-13/h5-6,11H,3-4,7-9H2,1-2H3,(H,15,19). The lowest BCUT2D eigenvalue weighted by molar-refractivity contribution is -0.134. The molecule has 0 aromatic carbocycles. The molecule has 1 aromatic heterocycles. The molecule has 0 saturated carbocycles. The second kappa shape index (κ2) is 7.58. The first kappa shape index (κ1) is 16.0. The first-order chi connectivity index (χ1) is 10.6. The Labute approximate surface area is 128 Å². The number of hydrogen-bond acceptors (Lipinski definition) is 6. The summed E-state index contributed by atoms with van der Waals surface area (Å²) < 4.78 is 10.7. The van der Waals surface area contributed by atoms with Gasteiger partial charge in [-0.15, -0.1) is 10.2 Å². The molecule has 1 fully saturated rings. The predicted octanol–water partition coefficient (Wildman–Crippen LogP) is -0.00890. The third-order valence-electron chi connectivity index (χ3n) is 3.33. The number of piperidine rings is 1. The molecular formula is C14H20N4O4. The van der Waals surface area contributed by atoms with Crippen LogP contribution in [0.4, 0.5) is 0 Å².